The minimum atomic E-state index is 0.449. The maximum absolute atomic E-state index is 5.78. The van der Waals surface area contributed by atoms with E-state index < -0.39 is 0 Å². The lowest BCUT2D eigenvalue weighted by molar-refractivity contribution is 0.995. The van der Waals surface area contributed by atoms with Crippen molar-refractivity contribution in [3.05, 3.63) is 42.0 Å². The number of hydrogen-bond donors (Lipinski definition) is 2. The van der Waals surface area contributed by atoms with Gasteiger partial charge in [-0.2, -0.15) is 11.8 Å². The van der Waals surface area contributed by atoms with E-state index in [1.807, 2.05) is 30.0 Å². The second-order valence-corrected chi connectivity index (χ2v) is 5.77. The van der Waals surface area contributed by atoms with Crippen LogP contribution in [0.2, 0.25) is 0 Å². The fourth-order valence-corrected chi connectivity index (χ4v) is 2.72. The topological polar surface area (TPSA) is 38.0 Å². The van der Waals surface area contributed by atoms with Gasteiger partial charge in [0.15, 0.2) is 0 Å². The van der Waals surface area contributed by atoms with Crippen molar-refractivity contribution in [3.8, 4) is 0 Å². The Balaban J connectivity index is 2.30. The first-order valence-corrected chi connectivity index (χ1v) is 8.08. The Bertz CT molecular complexity index is 581. The Morgan fingerprint density at radius 1 is 1.21 bits per heavy atom. The van der Waals surface area contributed by atoms with Gasteiger partial charge in [-0.05, 0) is 35.9 Å². The van der Waals surface area contributed by atoms with Crippen LogP contribution in [0.25, 0.3) is 10.8 Å². The molecule has 0 spiro atoms. The Hall–Kier alpha value is -1.26. The van der Waals surface area contributed by atoms with Crippen LogP contribution in [-0.4, -0.2) is 23.5 Å². The molecule has 2 rings (SSSR count). The summed E-state index contributed by atoms with van der Waals surface area (Å²) in [6.45, 7) is 0.983. The van der Waals surface area contributed by atoms with Gasteiger partial charge < -0.3 is 11.1 Å². The number of nitrogens with two attached hydrogens (primary N) is 1. The van der Waals surface area contributed by atoms with E-state index in [1.54, 1.807) is 0 Å². The summed E-state index contributed by atoms with van der Waals surface area (Å²) in [4.78, 5) is 0.449. The van der Waals surface area contributed by atoms with Gasteiger partial charge in [-0.15, -0.1) is 0 Å². The van der Waals surface area contributed by atoms with E-state index in [4.69, 9.17) is 18.0 Å². The highest BCUT2D eigenvalue weighted by Crippen LogP contribution is 2.26. The molecule has 0 bridgehead atoms. The van der Waals surface area contributed by atoms with Crippen LogP contribution in [0, 0.1) is 0 Å². The average Bonchev–Trinajstić information content (AvgIpc) is 2.43. The number of thioether (sulfide) groups is 1. The molecular formula is C15H18N2S2. The quantitative estimate of drug-likeness (QED) is 0.629. The highest BCUT2D eigenvalue weighted by Gasteiger charge is 2.06. The highest BCUT2D eigenvalue weighted by molar-refractivity contribution is 7.98. The molecule has 0 saturated carbocycles. The van der Waals surface area contributed by atoms with Gasteiger partial charge in [0.05, 0.1) is 0 Å². The van der Waals surface area contributed by atoms with Gasteiger partial charge in [-0.3, -0.25) is 0 Å². The largest absolute Gasteiger partial charge is 0.389 e. The van der Waals surface area contributed by atoms with E-state index in [0.29, 0.717) is 4.99 Å². The van der Waals surface area contributed by atoms with Crippen molar-refractivity contribution in [2.24, 2.45) is 5.73 Å². The molecule has 3 N–H and O–H groups in total. The molecule has 2 aromatic rings. The number of benzene rings is 2. The fraction of sp³-hybridized carbons (Fsp3) is 0.267. The third-order valence-electron chi connectivity index (χ3n) is 3.03. The lowest BCUT2D eigenvalue weighted by Crippen LogP contribution is -2.10. The first-order valence-electron chi connectivity index (χ1n) is 6.28. The van der Waals surface area contributed by atoms with Crippen molar-refractivity contribution < 1.29 is 0 Å². The summed E-state index contributed by atoms with van der Waals surface area (Å²) in [5, 5.41) is 5.78. The van der Waals surface area contributed by atoms with Crippen LogP contribution < -0.4 is 11.1 Å². The Morgan fingerprint density at radius 2 is 1.95 bits per heavy atom. The molecule has 0 saturated heterocycles. The van der Waals surface area contributed by atoms with Crippen LogP contribution >= 0.6 is 24.0 Å². The molecule has 0 amide bonds. The minimum Gasteiger partial charge on any atom is -0.389 e. The van der Waals surface area contributed by atoms with Crippen LogP contribution in [0.15, 0.2) is 36.4 Å². The number of hydrogen-bond acceptors (Lipinski definition) is 3. The molecular weight excluding hydrogens is 272 g/mol. The molecule has 0 aliphatic rings. The number of fused-ring (bicyclic) bond motifs is 1. The van der Waals surface area contributed by atoms with Crippen LogP contribution in [0.3, 0.4) is 0 Å². The zero-order valence-corrected chi connectivity index (χ0v) is 12.6. The lowest BCUT2D eigenvalue weighted by atomic mass is 10.0. The zero-order valence-electron chi connectivity index (χ0n) is 11.0. The summed E-state index contributed by atoms with van der Waals surface area (Å²) in [6.07, 6.45) is 3.29. The third kappa shape index (κ3) is 3.39. The van der Waals surface area contributed by atoms with Gasteiger partial charge in [0.2, 0.25) is 0 Å². The molecule has 0 aliphatic heterocycles. The third-order valence-corrected chi connectivity index (χ3v) is 3.95. The minimum absolute atomic E-state index is 0.449. The van der Waals surface area contributed by atoms with Gasteiger partial charge in [0.25, 0.3) is 0 Å². The molecule has 0 radical (unpaired) electrons. The van der Waals surface area contributed by atoms with Crippen LogP contribution in [-0.2, 0) is 0 Å². The fourth-order valence-electron chi connectivity index (χ4n) is 2.11. The highest BCUT2D eigenvalue weighted by atomic mass is 32.2. The van der Waals surface area contributed by atoms with Gasteiger partial charge >= 0.3 is 0 Å². The second kappa shape index (κ2) is 6.78. The number of rotatable bonds is 6. The summed E-state index contributed by atoms with van der Waals surface area (Å²) >= 11 is 6.98. The van der Waals surface area contributed by atoms with Gasteiger partial charge in [0.1, 0.15) is 4.99 Å². The SMILES string of the molecule is CSCCCNc1ccc(C(N)=S)c2ccccc12. The molecule has 0 unspecified atom stereocenters. The Kier molecular flexibility index (Phi) is 5.05. The molecule has 0 aliphatic carbocycles. The van der Waals surface area contributed by atoms with Crippen molar-refractivity contribution in [2.75, 3.05) is 23.9 Å². The van der Waals surface area contributed by atoms with Crippen molar-refractivity contribution in [1.29, 1.82) is 0 Å². The molecule has 0 aromatic heterocycles. The summed E-state index contributed by atoms with van der Waals surface area (Å²) in [6, 6.07) is 12.3. The molecule has 2 nitrogen and oxygen atoms in total. The predicted molar refractivity (Wildman–Crippen MR) is 91.3 cm³/mol. The molecule has 4 heteroatoms. The van der Waals surface area contributed by atoms with E-state index >= 15 is 0 Å². The van der Waals surface area contributed by atoms with Crippen LogP contribution in [0.1, 0.15) is 12.0 Å². The molecule has 0 fully saturated rings. The Labute approximate surface area is 123 Å². The average molecular weight is 290 g/mol. The van der Waals surface area contributed by atoms with Gasteiger partial charge in [-0.1, -0.05) is 36.5 Å². The number of anilines is 1. The maximum atomic E-state index is 5.78. The standard InChI is InChI=1S/C15H18N2S2/c1-19-10-4-9-17-14-8-7-13(15(16)18)11-5-2-3-6-12(11)14/h2-3,5-8,17H,4,9-10H2,1H3,(H2,16,18). The molecule has 0 heterocycles. The van der Waals surface area contributed by atoms with Crippen LogP contribution in [0.4, 0.5) is 5.69 Å². The lowest BCUT2D eigenvalue weighted by Gasteiger charge is -2.12. The van der Waals surface area contributed by atoms with Gasteiger partial charge in [0, 0.05) is 23.2 Å². The summed E-state index contributed by atoms with van der Waals surface area (Å²) in [5.74, 6) is 1.18. The van der Waals surface area contributed by atoms with E-state index in [9.17, 15) is 0 Å². The van der Waals surface area contributed by atoms with Crippen LogP contribution in [0.5, 0.6) is 0 Å². The maximum Gasteiger partial charge on any atom is 0.104 e. The Morgan fingerprint density at radius 3 is 2.63 bits per heavy atom. The smallest absolute Gasteiger partial charge is 0.104 e. The van der Waals surface area contributed by atoms with Crippen molar-refractivity contribution in [3.63, 3.8) is 0 Å². The second-order valence-electron chi connectivity index (χ2n) is 4.34. The number of nitrogens with one attached hydrogen (secondary N) is 1. The molecule has 19 heavy (non-hydrogen) atoms. The van der Waals surface area contributed by atoms with E-state index in [-0.39, 0.29) is 0 Å². The predicted octanol–water partition coefficient (Wildman–Crippen LogP) is 3.64. The molecule has 100 valence electrons. The van der Waals surface area contributed by atoms with Crippen molar-refractivity contribution in [2.45, 2.75) is 6.42 Å². The summed E-state index contributed by atoms with van der Waals surface area (Å²) in [7, 11) is 0. The van der Waals surface area contributed by atoms with E-state index in [0.717, 1.165) is 29.6 Å². The van der Waals surface area contributed by atoms with Crippen molar-refractivity contribution in [1.82, 2.24) is 0 Å². The monoisotopic (exact) mass is 290 g/mol. The summed E-state index contributed by atoms with van der Waals surface area (Å²) in [5.41, 5.74) is 7.87. The van der Waals surface area contributed by atoms with E-state index in [1.165, 1.54) is 11.1 Å². The molecule has 2 aromatic carbocycles. The first kappa shape index (κ1) is 14.2. The normalized spacial score (nSPS) is 10.6. The van der Waals surface area contributed by atoms with Crippen molar-refractivity contribution >= 4 is 45.4 Å². The number of thiocarbonyl (C=S) groups is 1. The van der Waals surface area contributed by atoms with Gasteiger partial charge in [-0.25, -0.2) is 0 Å². The summed E-state index contributed by atoms with van der Waals surface area (Å²) < 4.78 is 0. The molecule has 0 atom stereocenters. The van der Waals surface area contributed by atoms with E-state index in [2.05, 4.69) is 29.8 Å². The first-order chi connectivity index (χ1) is 9.24. The zero-order chi connectivity index (χ0) is 13.7.